The summed E-state index contributed by atoms with van der Waals surface area (Å²) >= 11 is 0. The maximum Gasteiger partial charge on any atom is 0.0800 e. The van der Waals surface area contributed by atoms with Gasteiger partial charge in [0.05, 0.1) is 5.60 Å². The largest absolute Gasteiger partial charge is 0.386 e. The third-order valence-electron chi connectivity index (χ3n) is 9.99. The molecule has 260 valence electrons. The molecule has 0 saturated heterocycles. The molecule has 1 heteroatoms. The highest BCUT2D eigenvalue weighted by atomic mass is 16.3. The van der Waals surface area contributed by atoms with Crippen LogP contribution >= 0.6 is 0 Å². The first kappa shape index (κ1) is 43.6. The van der Waals surface area contributed by atoms with Crippen LogP contribution in [0.15, 0.2) is 108 Å². The summed E-state index contributed by atoms with van der Waals surface area (Å²) in [5.74, 6) is 0. The fourth-order valence-electron chi connectivity index (χ4n) is 5.28. The second-order valence-corrected chi connectivity index (χ2v) is 14.4. The van der Waals surface area contributed by atoms with E-state index >= 15 is 0 Å². The van der Waals surface area contributed by atoms with Gasteiger partial charge < -0.3 is 5.11 Å². The van der Waals surface area contributed by atoms with E-state index in [0.29, 0.717) is 0 Å². The highest BCUT2D eigenvalue weighted by Gasteiger charge is 2.41. The smallest absolute Gasteiger partial charge is 0.0800 e. The Bertz CT molecular complexity index is 1050. The molecule has 46 heavy (non-hydrogen) atoms. The van der Waals surface area contributed by atoms with Crippen molar-refractivity contribution in [2.45, 2.75) is 165 Å². The third-order valence-corrected chi connectivity index (χ3v) is 9.99. The van der Waals surface area contributed by atoms with Gasteiger partial charge in [0, 0.05) is 0 Å². The van der Waals surface area contributed by atoms with E-state index in [1.165, 1.54) is 11.1 Å². The predicted octanol–water partition coefficient (Wildman–Crippen LogP) is 14.5. The number of allylic oxidation sites excluding steroid dienone is 17. The quantitative estimate of drug-likeness (QED) is 0.0786. The molecule has 0 saturated carbocycles. The minimum Gasteiger partial charge on any atom is -0.386 e. The average molecular weight is 631 g/mol. The highest BCUT2D eigenvalue weighted by molar-refractivity contribution is 5.30. The molecule has 0 aromatic heterocycles. The molecular weight excluding hydrogens is 556 g/mol. The molecule has 0 radical (unpaired) electrons. The summed E-state index contributed by atoms with van der Waals surface area (Å²) in [6.45, 7) is 21.7. The Morgan fingerprint density at radius 3 is 0.913 bits per heavy atom. The Hall–Kier alpha value is -2.38. The molecule has 0 aliphatic carbocycles. The van der Waals surface area contributed by atoms with Crippen molar-refractivity contribution in [2.75, 3.05) is 0 Å². The van der Waals surface area contributed by atoms with Crippen molar-refractivity contribution in [1.29, 1.82) is 0 Å². The van der Waals surface area contributed by atoms with Crippen LogP contribution in [-0.2, 0) is 0 Å². The molecule has 1 N–H and O–H groups in total. The number of aliphatic hydroxyl groups is 1. The van der Waals surface area contributed by atoms with Gasteiger partial charge in [-0.3, -0.25) is 0 Å². The molecule has 0 spiro atoms. The predicted molar refractivity (Wildman–Crippen MR) is 210 cm³/mol. The maximum absolute atomic E-state index is 10.5. The van der Waals surface area contributed by atoms with E-state index in [2.05, 4.69) is 147 Å². The fraction of sp³-hybridized carbons (Fsp3) is 0.600. The van der Waals surface area contributed by atoms with E-state index in [9.17, 15) is 5.11 Å². The van der Waals surface area contributed by atoms with Crippen LogP contribution in [0.25, 0.3) is 0 Å². The first-order valence-corrected chi connectivity index (χ1v) is 18.4. The SMILES string of the molecule is CC=CCCC=CCCC=CCCC=CCCC=CCCC=CCCC=CCCC=C(C)C(C)(C)C(C)(C)C(C)=C(C)C(C)(C)O. The Morgan fingerprint density at radius 1 is 0.391 bits per heavy atom. The van der Waals surface area contributed by atoms with E-state index in [4.69, 9.17) is 0 Å². The van der Waals surface area contributed by atoms with Crippen LogP contribution < -0.4 is 0 Å². The van der Waals surface area contributed by atoms with Crippen molar-refractivity contribution < 1.29 is 5.11 Å². The molecule has 0 aromatic rings. The molecule has 1 nitrogen and oxygen atoms in total. The number of hydrogen-bond acceptors (Lipinski definition) is 1. The maximum atomic E-state index is 10.5. The van der Waals surface area contributed by atoms with Gasteiger partial charge in [-0.25, -0.2) is 0 Å². The standard InChI is InChI=1S/C45H74O/c1-11-12-13-14-15-16-17-18-19-20-21-22-23-24-25-26-27-28-29-30-31-32-33-34-35-36-37-38-39-40(2)43(5,6)44(7,8)41(3)42(4)45(9,10)46/h11-12,15-16,19-20,23-24,27-28,31-32,35-36,39,46H,13-14,17-18,21-22,25-26,29-30,33-34,37-38H2,1-10H3. The van der Waals surface area contributed by atoms with Crippen molar-refractivity contribution in [2.24, 2.45) is 10.8 Å². The van der Waals surface area contributed by atoms with Gasteiger partial charge in [0.2, 0.25) is 0 Å². The van der Waals surface area contributed by atoms with E-state index < -0.39 is 5.60 Å². The summed E-state index contributed by atoms with van der Waals surface area (Å²) in [4.78, 5) is 0. The lowest BCUT2D eigenvalue weighted by molar-refractivity contribution is 0.111. The fourth-order valence-corrected chi connectivity index (χ4v) is 5.28. The van der Waals surface area contributed by atoms with Gasteiger partial charge in [0.15, 0.2) is 0 Å². The van der Waals surface area contributed by atoms with Crippen molar-refractivity contribution in [3.8, 4) is 0 Å². The van der Waals surface area contributed by atoms with Crippen LogP contribution in [0.2, 0.25) is 0 Å². The Kier molecular flexibility index (Phi) is 24.3. The van der Waals surface area contributed by atoms with Crippen LogP contribution in [0.4, 0.5) is 0 Å². The first-order chi connectivity index (χ1) is 21.8. The molecule has 0 atom stereocenters. The topological polar surface area (TPSA) is 20.2 Å². The molecule has 0 amide bonds. The number of unbranched alkanes of at least 4 members (excludes halogenated alkanes) is 7. The van der Waals surface area contributed by atoms with Crippen molar-refractivity contribution >= 4 is 0 Å². The summed E-state index contributed by atoms with van der Waals surface area (Å²) in [6.07, 6.45) is 50.6. The van der Waals surface area contributed by atoms with Gasteiger partial charge in [-0.15, -0.1) is 0 Å². The van der Waals surface area contributed by atoms with Crippen LogP contribution in [0, 0.1) is 10.8 Å². The monoisotopic (exact) mass is 631 g/mol. The molecule has 0 rings (SSSR count). The second-order valence-electron chi connectivity index (χ2n) is 14.4. The van der Waals surface area contributed by atoms with Gasteiger partial charge in [-0.05, 0) is 148 Å². The number of hydrogen-bond donors (Lipinski definition) is 1. The average Bonchev–Trinajstić information content (AvgIpc) is 3.00. The van der Waals surface area contributed by atoms with E-state index in [-0.39, 0.29) is 10.8 Å². The third kappa shape index (κ3) is 20.0. The minimum atomic E-state index is -0.786. The lowest BCUT2D eigenvalue weighted by atomic mass is 9.59. The van der Waals surface area contributed by atoms with E-state index in [0.717, 1.165) is 95.5 Å². The molecule has 0 heterocycles. The van der Waals surface area contributed by atoms with Gasteiger partial charge in [0.25, 0.3) is 0 Å². The highest BCUT2D eigenvalue weighted by Crippen LogP contribution is 2.50. The minimum absolute atomic E-state index is 0.00552. The summed E-state index contributed by atoms with van der Waals surface area (Å²) < 4.78 is 0. The van der Waals surface area contributed by atoms with Crippen LogP contribution in [0.5, 0.6) is 0 Å². The Balaban J connectivity index is 4.02. The first-order valence-electron chi connectivity index (χ1n) is 18.4. The zero-order valence-electron chi connectivity index (χ0n) is 32.0. The van der Waals surface area contributed by atoms with Crippen molar-refractivity contribution in [1.82, 2.24) is 0 Å². The molecule has 0 aromatic carbocycles. The lowest BCUT2D eigenvalue weighted by Crippen LogP contribution is -2.37. The summed E-state index contributed by atoms with van der Waals surface area (Å²) in [6, 6.07) is 0. The zero-order valence-corrected chi connectivity index (χ0v) is 32.0. The molecule has 0 aliphatic rings. The summed E-state index contributed by atoms with van der Waals surface area (Å²) in [7, 11) is 0. The Morgan fingerprint density at radius 2 is 0.652 bits per heavy atom. The zero-order chi connectivity index (χ0) is 34.7. The van der Waals surface area contributed by atoms with Gasteiger partial charge in [0.1, 0.15) is 0 Å². The van der Waals surface area contributed by atoms with Gasteiger partial charge in [-0.1, -0.05) is 130 Å². The van der Waals surface area contributed by atoms with Gasteiger partial charge in [-0.2, -0.15) is 0 Å². The molecule has 0 fully saturated rings. The lowest BCUT2D eigenvalue weighted by Gasteiger charge is -2.45. The molecule has 0 aliphatic heterocycles. The molecule has 0 bridgehead atoms. The van der Waals surface area contributed by atoms with Crippen LogP contribution in [0.1, 0.15) is 159 Å². The van der Waals surface area contributed by atoms with Crippen LogP contribution in [-0.4, -0.2) is 10.7 Å². The molecule has 0 unspecified atom stereocenters. The second kappa shape index (κ2) is 25.7. The Labute approximate surface area is 287 Å². The van der Waals surface area contributed by atoms with Crippen molar-refractivity contribution in [3.63, 3.8) is 0 Å². The number of rotatable bonds is 25. The van der Waals surface area contributed by atoms with E-state index in [1.807, 2.05) is 13.8 Å². The van der Waals surface area contributed by atoms with Crippen molar-refractivity contribution in [3.05, 3.63) is 108 Å². The van der Waals surface area contributed by atoms with Gasteiger partial charge >= 0.3 is 0 Å². The summed E-state index contributed by atoms with van der Waals surface area (Å²) in [5, 5.41) is 10.5. The molecular formula is C45H74O. The summed E-state index contributed by atoms with van der Waals surface area (Å²) in [5.41, 5.74) is 2.95. The normalized spacial score (nSPS) is 15.1. The van der Waals surface area contributed by atoms with E-state index in [1.54, 1.807) is 0 Å². The van der Waals surface area contributed by atoms with Crippen LogP contribution in [0.3, 0.4) is 0 Å².